The summed E-state index contributed by atoms with van der Waals surface area (Å²) < 4.78 is 5.08. The molecule has 0 aliphatic rings. The minimum Gasteiger partial charge on any atom is -0.497 e. The fourth-order valence-electron chi connectivity index (χ4n) is 1.88. The second-order valence-electron chi connectivity index (χ2n) is 4.66. The molecule has 0 unspecified atom stereocenters. The Morgan fingerprint density at radius 3 is 2.05 bits per heavy atom. The summed E-state index contributed by atoms with van der Waals surface area (Å²) in [6.07, 6.45) is 0. The van der Waals surface area contributed by atoms with Gasteiger partial charge in [-0.25, -0.2) is 0 Å². The van der Waals surface area contributed by atoms with Gasteiger partial charge >= 0.3 is 0 Å². The van der Waals surface area contributed by atoms with E-state index in [0.717, 1.165) is 11.3 Å². The Balaban J connectivity index is 1.95. The lowest BCUT2D eigenvalue weighted by atomic mass is 10.1. The van der Waals surface area contributed by atoms with Gasteiger partial charge in [-0.15, -0.1) is 0 Å². The predicted molar refractivity (Wildman–Crippen MR) is 80.6 cm³/mol. The molecule has 0 saturated heterocycles. The van der Waals surface area contributed by atoms with Gasteiger partial charge in [-0.3, -0.25) is 9.59 Å². The monoisotopic (exact) mass is 283 g/mol. The first-order valence-corrected chi connectivity index (χ1v) is 6.62. The number of ether oxygens (including phenoxy) is 1. The summed E-state index contributed by atoms with van der Waals surface area (Å²) in [5, 5.41) is 2.84. The molecular formula is C17H17NO3. The van der Waals surface area contributed by atoms with Crippen molar-refractivity contribution < 1.29 is 14.3 Å². The van der Waals surface area contributed by atoms with Crippen molar-refractivity contribution in [3.63, 3.8) is 0 Å². The Kier molecular flexibility index (Phi) is 4.72. The molecule has 2 aromatic carbocycles. The third-order valence-corrected chi connectivity index (χ3v) is 3.17. The summed E-state index contributed by atoms with van der Waals surface area (Å²) in [4.78, 5) is 23.2. The molecule has 0 radical (unpaired) electrons. The van der Waals surface area contributed by atoms with Crippen molar-refractivity contribution in [1.82, 2.24) is 5.32 Å². The predicted octanol–water partition coefficient (Wildman–Crippen LogP) is 2.83. The number of rotatable bonds is 5. The highest BCUT2D eigenvalue weighted by molar-refractivity contribution is 5.97. The lowest BCUT2D eigenvalue weighted by Crippen LogP contribution is -2.22. The van der Waals surface area contributed by atoms with Crippen molar-refractivity contribution >= 4 is 11.7 Å². The molecule has 1 amide bonds. The van der Waals surface area contributed by atoms with Crippen LogP contribution in [0.4, 0.5) is 0 Å². The number of amides is 1. The molecule has 2 rings (SSSR count). The van der Waals surface area contributed by atoms with E-state index >= 15 is 0 Å². The maximum atomic E-state index is 12.0. The van der Waals surface area contributed by atoms with Crippen molar-refractivity contribution in [2.45, 2.75) is 13.5 Å². The van der Waals surface area contributed by atoms with Gasteiger partial charge in [0.25, 0.3) is 5.91 Å². The number of nitrogens with one attached hydrogen (secondary N) is 1. The molecule has 0 spiro atoms. The second kappa shape index (κ2) is 6.70. The van der Waals surface area contributed by atoms with Gasteiger partial charge in [-0.1, -0.05) is 24.3 Å². The van der Waals surface area contributed by atoms with Crippen molar-refractivity contribution in [2.24, 2.45) is 0 Å². The van der Waals surface area contributed by atoms with E-state index in [2.05, 4.69) is 5.32 Å². The van der Waals surface area contributed by atoms with Crippen LogP contribution in [-0.2, 0) is 6.54 Å². The molecule has 0 aliphatic carbocycles. The quantitative estimate of drug-likeness (QED) is 0.858. The molecule has 0 atom stereocenters. The van der Waals surface area contributed by atoms with Crippen LogP contribution < -0.4 is 10.1 Å². The Morgan fingerprint density at radius 1 is 0.952 bits per heavy atom. The summed E-state index contributed by atoms with van der Waals surface area (Å²) in [6.45, 7) is 1.94. The molecule has 2 aromatic rings. The maximum absolute atomic E-state index is 12.0. The third-order valence-electron chi connectivity index (χ3n) is 3.17. The number of carbonyl (C=O) groups excluding carboxylic acids is 2. The fourth-order valence-corrected chi connectivity index (χ4v) is 1.88. The normalized spacial score (nSPS) is 10.0. The Morgan fingerprint density at radius 2 is 1.52 bits per heavy atom. The molecule has 0 fully saturated rings. The molecule has 4 heteroatoms. The maximum Gasteiger partial charge on any atom is 0.251 e. The molecule has 0 saturated carbocycles. The summed E-state index contributed by atoms with van der Waals surface area (Å²) in [5.74, 6) is 0.603. The zero-order chi connectivity index (χ0) is 15.2. The van der Waals surface area contributed by atoms with Crippen molar-refractivity contribution in [1.29, 1.82) is 0 Å². The molecule has 1 N–H and O–H groups in total. The van der Waals surface area contributed by atoms with Crippen molar-refractivity contribution in [3.05, 3.63) is 65.2 Å². The van der Waals surface area contributed by atoms with Gasteiger partial charge in [0, 0.05) is 17.7 Å². The number of ketones is 1. The highest BCUT2D eigenvalue weighted by Crippen LogP contribution is 2.11. The van der Waals surface area contributed by atoms with Crippen LogP contribution in [0.1, 0.15) is 33.2 Å². The van der Waals surface area contributed by atoms with E-state index < -0.39 is 0 Å². The molecule has 0 bridgehead atoms. The SMILES string of the molecule is COc1ccc(CNC(=O)c2ccc(C(C)=O)cc2)cc1. The first-order valence-electron chi connectivity index (χ1n) is 6.62. The average Bonchev–Trinajstić information content (AvgIpc) is 2.53. The van der Waals surface area contributed by atoms with Gasteiger partial charge in [0.2, 0.25) is 0 Å². The van der Waals surface area contributed by atoms with Gasteiger partial charge in [0.1, 0.15) is 5.75 Å². The van der Waals surface area contributed by atoms with Crippen LogP contribution >= 0.6 is 0 Å². The van der Waals surface area contributed by atoms with Crippen LogP contribution in [0.5, 0.6) is 5.75 Å². The van der Waals surface area contributed by atoms with E-state index in [1.165, 1.54) is 6.92 Å². The standard InChI is InChI=1S/C17H17NO3/c1-12(19)14-5-7-15(8-6-14)17(20)18-11-13-3-9-16(21-2)10-4-13/h3-10H,11H2,1-2H3,(H,18,20). The van der Waals surface area contributed by atoms with Crippen molar-refractivity contribution in [3.8, 4) is 5.75 Å². The number of methoxy groups -OCH3 is 1. The van der Waals surface area contributed by atoms with E-state index in [9.17, 15) is 9.59 Å². The summed E-state index contributed by atoms with van der Waals surface area (Å²) >= 11 is 0. The smallest absolute Gasteiger partial charge is 0.251 e. The van der Waals surface area contributed by atoms with Crippen LogP contribution in [-0.4, -0.2) is 18.8 Å². The molecule has 4 nitrogen and oxygen atoms in total. The highest BCUT2D eigenvalue weighted by Gasteiger charge is 2.06. The van der Waals surface area contributed by atoms with E-state index in [0.29, 0.717) is 17.7 Å². The first-order chi connectivity index (χ1) is 10.1. The van der Waals surface area contributed by atoms with E-state index in [1.807, 2.05) is 24.3 Å². The van der Waals surface area contributed by atoms with E-state index in [-0.39, 0.29) is 11.7 Å². The largest absolute Gasteiger partial charge is 0.497 e. The van der Waals surface area contributed by atoms with Crippen LogP contribution in [0.3, 0.4) is 0 Å². The number of hydrogen-bond acceptors (Lipinski definition) is 3. The highest BCUT2D eigenvalue weighted by atomic mass is 16.5. The summed E-state index contributed by atoms with van der Waals surface area (Å²) in [7, 11) is 1.61. The molecule has 0 heterocycles. The minimum absolute atomic E-state index is 0.0137. The zero-order valence-electron chi connectivity index (χ0n) is 12.1. The first kappa shape index (κ1) is 14.8. The lowest BCUT2D eigenvalue weighted by Gasteiger charge is -2.07. The molecule has 21 heavy (non-hydrogen) atoms. The fraction of sp³-hybridized carbons (Fsp3) is 0.176. The third kappa shape index (κ3) is 3.92. The second-order valence-corrected chi connectivity index (χ2v) is 4.66. The number of hydrogen-bond donors (Lipinski definition) is 1. The van der Waals surface area contributed by atoms with Gasteiger partial charge < -0.3 is 10.1 Å². The van der Waals surface area contributed by atoms with Gasteiger partial charge in [-0.2, -0.15) is 0 Å². The van der Waals surface area contributed by atoms with Crippen molar-refractivity contribution in [2.75, 3.05) is 7.11 Å². The lowest BCUT2D eigenvalue weighted by molar-refractivity contribution is 0.0949. The van der Waals surface area contributed by atoms with Gasteiger partial charge in [-0.05, 0) is 36.8 Å². The van der Waals surface area contributed by atoms with Gasteiger partial charge in [0.15, 0.2) is 5.78 Å². The number of benzene rings is 2. The average molecular weight is 283 g/mol. The van der Waals surface area contributed by atoms with Crippen LogP contribution in [0.25, 0.3) is 0 Å². The Bertz CT molecular complexity index is 630. The van der Waals surface area contributed by atoms with E-state index in [4.69, 9.17) is 4.74 Å². The molecule has 108 valence electrons. The van der Waals surface area contributed by atoms with Crippen LogP contribution in [0, 0.1) is 0 Å². The minimum atomic E-state index is -0.166. The molecule has 0 aromatic heterocycles. The van der Waals surface area contributed by atoms with Gasteiger partial charge in [0.05, 0.1) is 7.11 Å². The van der Waals surface area contributed by atoms with Crippen LogP contribution in [0.2, 0.25) is 0 Å². The summed E-state index contributed by atoms with van der Waals surface area (Å²) in [6, 6.07) is 14.1. The Labute approximate surface area is 123 Å². The number of carbonyl (C=O) groups is 2. The number of Topliss-reactive ketones (excluding diaryl/α,β-unsaturated/α-hetero) is 1. The summed E-state index contributed by atoms with van der Waals surface area (Å²) in [5.41, 5.74) is 2.12. The molecular weight excluding hydrogens is 266 g/mol. The zero-order valence-corrected chi connectivity index (χ0v) is 12.1. The van der Waals surface area contributed by atoms with E-state index in [1.54, 1.807) is 31.4 Å². The molecule has 0 aliphatic heterocycles. The topological polar surface area (TPSA) is 55.4 Å². The van der Waals surface area contributed by atoms with Crippen LogP contribution in [0.15, 0.2) is 48.5 Å². The Hall–Kier alpha value is -2.62.